The van der Waals surface area contributed by atoms with Crippen LogP contribution in [0.1, 0.15) is 29.7 Å². The molecule has 0 unspecified atom stereocenters. The fraction of sp³-hybridized carbons (Fsp3) is 0.333. The Kier molecular flexibility index (Phi) is 4.68. The van der Waals surface area contributed by atoms with Crippen molar-refractivity contribution < 1.29 is 4.79 Å². The van der Waals surface area contributed by atoms with Crippen LogP contribution >= 0.6 is 0 Å². The number of aromatic nitrogens is 2. The average molecular weight is 295 g/mol. The van der Waals surface area contributed by atoms with Gasteiger partial charge in [0.2, 0.25) is 5.91 Å². The number of carbonyl (C=O) groups excluding carboxylic acids is 1. The van der Waals surface area contributed by atoms with Crippen molar-refractivity contribution in [3.05, 3.63) is 59.4 Å². The summed E-state index contributed by atoms with van der Waals surface area (Å²) in [6, 6.07) is 9.82. The molecule has 0 fully saturated rings. The van der Waals surface area contributed by atoms with Crippen LogP contribution in [0.5, 0.6) is 0 Å². The number of fused-ring (bicyclic) bond motifs is 1. The number of hydrogen-bond acceptors (Lipinski definition) is 2. The third kappa shape index (κ3) is 3.64. The van der Waals surface area contributed by atoms with E-state index in [9.17, 15) is 4.79 Å². The van der Waals surface area contributed by atoms with Gasteiger partial charge in [-0.2, -0.15) is 5.10 Å². The quantitative estimate of drug-likeness (QED) is 0.862. The van der Waals surface area contributed by atoms with E-state index < -0.39 is 0 Å². The van der Waals surface area contributed by atoms with Crippen LogP contribution in [0.25, 0.3) is 6.08 Å². The fourth-order valence-corrected chi connectivity index (χ4v) is 2.83. The summed E-state index contributed by atoms with van der Waals surface area (Å²) in [5, 5.41) is 7.35. The Balaban J connectivity index is 1.48. The van der Waals surface area contributed by atoms with Gasteiger partial charge in [-0.1, -0.05) is 30.3 Å². The van der Waals surface area contributed by atoms with Crippen molar-refractivity contribution in [2.45, 2.75) is 32.2 Å². The predicted molar refractivity (Wildman–Crippen MR) is 87.4 cm³/mol. The maximum atomic E-state index is 11.8. The Morgan fingerprint density at radius 2 is 2.05 bits per heavy atom. The van der Waals surface area contributed by atoms with Gasteiger partial charge in [0.15, 0.2) is 0 Å². The van der Waals surface area contributed by atoms with Crippen LogP contribution in [-0.2, 0) is 24.2 Å². The SMILES string of the molecule is O=C(/C=C/c1ccccc1)NCCn1ncc2c1CCCC2. The fourth-order valence-electron chi connectivity index (χ4n) is 2.83. The molecular formula is C18H21N3O. The van der Waals surface area contributed by atoms with Crippen LogP contribution in [0.2, 0.25) is 0 Å². The topological polar surface area (TPSA) is 46.9 Å². The van der Waals surface area contributed by atoms with Gasteiger partial charge in [0.1, 0.15) is 0 Å². The van der Waals surface area contributed by atoms with Crippen molar-refractivity contribution in [2.75, 3.05) is 6.54 Å². The van der Waals surface area contributed by atoms with E-state index in [1.807, 2.05) is 47.3 Å². The standard InChI is InChI=1S/C18H21N3O/c22-18(11-10-15-6-2-1-3-7-15)19-12-13-21-17-9-5-4-8-16(17)14-20-21/h1-3,6-7,10-11,14H,4-5,8-9,12-13H2,(H,19,22)/b11-10+. The van der Waals surface area contributed by atoms with Crippen molar-refractivity contribution in [3.63, 3.8) is 0 Å². The normalized spacial score (nSPS) is 14.0. The van der Waals surface area contributed by atoms with Crippen LogP contribution < -0.4 is 5.32 Å². The molecule has 0 atom stereocenters. The third-order valence-corrected chi connectivity index (χ3v) is 3.99. The Morgan fingerprint density at radius 1 is 1.23 bits per heavy atom. The molecule has 1 aromatic heterocycles. The van der Waals surface area contributed by atoms with Crippen LogP contribution in [-0.4, -0.2) is 22.2 Å². The van der Waals surface area contributed by atoms with E-state index in [1.165, 1.54) is 24.1 Å². The Bertz CT molecular complexity index is 658. The summed E-state index contributed by atoms with van der Waals surface area (Å²) >= 11 is 0. The van der Waals surface area contributed by atoms with Crippen molar-refractivity contribution in [1.29, 1.82) is 0 Å². The van der Waals surface area contributed by atoms with Crippen molar-refractivity contribution in [1.82, 2.24) is 15.1 Å². The summed E-state index contributed by atoms with van der Waals surface area (Å²) < 4.78 is 2.04. The molecule has 1 aliphatic rings. The lowest BCUT2D eigenvalue weighted by atomic mass is 9.98. The average Bonchev–Trinajstić information content (AvgIpc) is 2.97. The smallest absolute Gasteiger partial charge is 0.244 e. The lowest BCUT2D eigenvalue weighted by Gasteiger charge is -2.13. The van der Waals surface area contributed by atoms with Crippen LogP contribution in [0.15, 0.2) is 42.6 Å². The van der Waals surface area contributed by atoms with Gasteiger partial charge in [0, 0.05) is 18.3 Å². The maximum Gasteiger partial charge on any atom is 0.244 e. The van der Waals surface area contributed by atoms with Gasteiger partial charge >= 0.3 is 0 Å². The van der Waals surface area contributed by atoms with Gasteiger partial charge < -0.3 is 5.32 Å². The van der Waals surface area contributed by atoms with Crippen LogP contribution in [0.3, 0.4) is 0 Å². The number of carbonyl (C=O) groups is 1. The first-order chi connectivity index (χ1) is 10.8. The predicted octanol–water partition coefficient (Wildman–Crippen LogP) is 2.59. The molecule has 0 bridgehead atoms. The third-order valence-electron chi connectivity index (χ3n) is 3.99. The molecule has 1 heterocycles. The number of aryl methyl sites for hydroxylation is 1. The van der Waals surface area contributed by atoms with E-state index in [0.29, 0.717) is 6.54 Å². The zero-order valence-corrected chi connectivity index (χ0v) is 12.7. The second-order valence-corrected chi connectivity index (χ2v) is 5.58. The Morgan fingerprint density at radius 3 is 2.91 bits per heavy atom. The Labute approximate surface area is 130 Å². The second kappa shape index (κ2) is 7.07. The zero-order valence-electron chi connectivity index (χ0n) is 12.7. The number of rotatable bonds is 5. The summed E-state index contributed by atoms with van der Waals surface area (Å²) in [4.78, 5) is 11.8. The summed E-state index contributed by atoms with van der Waals surface area (Å²) in [6.45, 7) is 1.34. The molecule has 1 N–H and O–H groups in total. The summed E-state index contributed by atoms with van der Waals surface area (Å²) in [7, 11) is 0. The largest absolute Gasteiger partial charge is 0.351 e. The van der Waals surface area contributed by atoms with E-state index in [4.69, 9.17) is 0 Å². The first-order valence-corrected chi connectivity index (χ1v) is 7.87. The van der Waals surface area contributed by atoms with Gasteiger partial charge in [-0.25, -0.2) is 0 Å². The first kappa shape index (κ1) is 14.6. The lowest BCUT2D eigenvalue weighted by Crippen LogP contribution is -2.26. The molecule has 4 nitrogen and oxygen atoms in total. The molecule has 1 aromatic carbocycles. The number of nitrogens with zero attached hydrogens (tertiary/aromatic N) is 2. The van der Waals surface area contributed by atoms with Gasteiger partial charge in [0.05, 0.1) is 12.7 Å². The molecule has 1 amide bonds. The van der Waals surface area contributed by atoms with Crippen LogP contribution in [0.4, 0.5) is 0 Å². The van der Waals surface area contributed by atoms with Gasteiger partial charge in [-0.15, -0.1) is 0 Å². The minimum absolute atomic E-state index is 0.0649. The molecule has 114 valence electrons. The summed E-state index contributed by atoms with van der Waals surface area (Å²) in [5.74, 6) is -0.0649. The molecule has 0 saturated heterocycles. The molecule has 22 heavy (non-hydrogen) atoms. The van der Waals surface area contributed by atoms with Crippen molar-refractivity contribution in [3.8, 4) is 0 Å². The Hall–Kier alpha value is -2.36. The van der Waals surface area contributed by atoms with E-state index in [0.717, 1.165) is 24.9 Å². The van der Waals surface area contributed by atoms with Crippen molar-refractivity contribution >= 4 is 12.0 Å². The minimum Gasteiger partial charge on any atom is -0.351 e. The zero-order chi connectivity index (χ0) is 15.2. The molecule has 0 aliphatic heterocycles. The molecule has 0 saturated carbocycles. The maximum absolute atomic E-state index is 11.8. The highest BCUT2D eigenvalue weighted by molar-refractivity contribution is 5.91. The summed E-state index contributed by atoms with van der Waals surface area (Å²) in [6.07, 6.45) is 10.1. The number of amides is 1. The monoisotopic (exact) mass is 295 g/mol. The summed E-state index contributed by atoms with van der Waals surface area (Å²) in [5.41, 5.74) is 3.75. The molecule has 0 radical (unpaired) electrons. The molecule has 0 spiro atoms. The van der Waals surface area contributed by atoms with E-state index >= 15 is 0 Å². The van der Waals surface area contributed by atoms with Crippen LogP contribution in [0, 0.1) is 0 Å². The van der Waals surface area contributed by atoms with Gasteiger partial charge in [-0.3, -0.25) is 9.48 Å². The van der Waals surface area contributed by atoms with E-state index in [-0.39, 0.29) is 5.91 Å². The van der Waals surface area contributed by atoms with E-state index in [1.54, 1.807) is 6.08 Å². The molecular weight excluding hydrogens is 274 g/mol. The van der Waals surface area contributed by atoms with E-state index in [2.05, 4.69) is 10.4 Å². The minimum atomic E-state index is -0.0649. The number of benzene rings is 1. The first-order valence-electron chi connectivity index (χ1n) is 7.87. The highest BCUT2D eigenvalue weighted by Crippen LogP contribution is 2.20. The number of hydrogen-bond donors (Lipinski definition) is 1. The lowest BCUT2D eigenvalue weighted by molar-refractivity contribution is -0.116. The van der Waals surface area contributed by atoms with Crippen molar-refractivity contribution in [2.24, 2.45) is 0 Å². The molecule has 4 heteroatoms. The molecule has 3 rings (SSSR count). The molecule has 2 aromatic rings. The van der Waals surface area contributed by atoms with Gasteiger partial charge in [-0.05, 0) is 42.9 Å². The molecule has 1 aliphatic carbocycles. The second-order valence-electron chi connectivity index (χ2n) is 5.58. The number of nitrogens with one attached hydrogen (secondary N) is 1. The van der Waals surface area contributed by atoms with Gasteiger partial charge in [0.25, 0.3) is 0 Å². The highest BCUT2D eigenvalue weighted by Gasteiger charge is 2.14. The highest BCUT2D eigenvalue weighted by atomic mass is 16.1.